The third-order valence-electron chi connectivity index (χ3n) is 4.70. The normalized spacial score (nSPS) is 10.8. The van der Waals surface area contributed by atoms with Gasteiger partial charge < -0.3 is 15.0 Å². The van der Waals surface area contributed by atoms with Gasteiger partial charge >= 0.3 is 0 Å². The first-order valence-corrected chi connectivity index (χ1v) is 10.3. The molecule has 1 amide bonds. The molecule has 0 radical (unpaired) electrons. The van der Waals surface area contributed by atoms with Crippen molar-refractivity contribution in [2.24, 2.45) is 7.05 Å². The minimum absolute atomic E-state index is 0.0717. The highest BCUT2D eigenvalue weighted by Crippen LogP contribution is 2.25. The van der Waals surface area contributed by atoms with Crippen molar-refractivity contribution in [3.05, 3.63) is 85.1 Å². The van der Waals surface area contributed by atoms with Crippen LogP contribution in [0.2, 0.25) is 15.1 Å². The molecular formula is C22H19Cl3N2O3. The first-order chi connectivity index (χ1) is 14.3. The molecule has 0 aliphatic carbocycles. The van der Waals surface area contributed by atoms with Gasteiger partial charge in [0.2, 0.25) is 0 Å². The summed E-state index contributed by atoms with van der Waals surface area (Å²) >= 11 is 17.8. The molecule has 1 heterocycles. The van der Waals surface area contributed by atoms with E-state index in [1.54, 1.807) is 36.4 Å². The molecule has 3 aromatic rings. The molecule has 0 saturated carbocycles. The van der Waals surface area contributed by atoms with E-state index in [1.165, 1.54) is 17.7 Å². The molecule has 1 aromatic heterocycles. The van der Waals surface area contributed by atoms with Crippen LogP contribution in [0.15, 0.2) is 53.3 Å². The predicted molar refractivity (Wildman–Crippen MR) is 121 cm³/mol. The fraction of sp³-hybridized carbons (Fsp3) is 0.182. The van der Waals surface area contributed by atoms with Crippen LogP contribution in [-0.2, 0) is 13.5 Å². The number of rotatable bonds is 6. The second-order valence-electron chi connectivity index (χ2n) is 6.77. The molecule has 0 bridgehead atoms. The summed E-state index contributed by atoms with van der Waals surface area (Å²) in [4.78, 5) is 25.0. The zero-order chi connectivity index (χ0) is 21.8. The summed E-state index contributed by atoms with van der Waals surface area (Å²) in [5, 5.41) is 14.5. The Morgan fingerprint density at radius 2 is 1.73 bits per heavy atom. The van der Waals surface area contributed by atoms with Gasteiger partial charge in [0.15, 0.2) is 5.75 Å². The SMILES string of the molecule is Cn1c(-c2ccc(Cl)cc2)cc(C(=O)NCCCc2ccc(Cl)c(Cl)c2)c(O)c1=O. The molecule has 156 valence electrons. The highest BCUT2D eigenvalue weighted by Gasteiger charge is 2.18. The Kier molecular flexibility index (Phi) is 7.08. The van der Waals surface area contributed by atoms with Gasteiger partial charge in [0.25, 0.3) is 11.5 Å². The molecule has 0 fully saturated rings. The van der Waals surface area contributed by atoms with E-state index in [4.69, 9.17) is 34.8 Å². The Morgan fingerprint density at radius 1 is 1.03 bits per heavy atom. The Labute approximate surface area is 188 Å². The number of nitrogens with zero attached hydrogens (tertiary/aromatic N) is 1. The Morgan fingerprint density at radius 3 is 2.40 bits per heavy atom. The van der Waals surface area contributed by atoms with E-state index in [2.05, 4.69) is 5.32 Å². The molecular weight excluding hydrogens is 447 g/mol. The number of aromatic hydroxyl groups is 1. The molecule has 0 unspecified atom stereocenters. The van der Waals surface area contributed by atoms with Gasteiger partial charge in [-0.3, -0.25) is 9.59 Å². The van der Waals surface area contributed by atoms with E-state index in [0.29, 0.717) is 45.7 Å². The van der Waals surface area contributed by atoms with Gasteiger partial charge in [0.05, 0.1) is 21.3 Å². The third kappa shape index (κ3) is 4.98. The quantitative estimate of drug-likeness (QED) is 0.499. The van der Waals surface area contributed by atoms with Crippen molar-refractivity contribution in [1.82, 2.24) is 9.88 Å². The van der Waals surface area contributed by atoms with Crippen LogP contribution in [0.5, 0.6) is 5.75 Å². The number of hydrogen-bond acceptors (Lipinski definition) is 3. The lowest BCUT2D eigenvalue weighted by Gasteiger charge is -2.13. The van der Waals surface area contributed by atoms with Crippen molar-refractivity contribution in [1.29, 1.82) is 0 Å². The number of hydrogen-bond donors (Lipinski definition) is 2. The van der Waals surface area contributed by atoms with Crippen LogP contribution in [0.25, 0.3) is 11.3 Å². The van der Waals surface area contributed by atoms with E-state index in [9.17, 15) is 14.7 Å². The summed E-state index contributed by atoms with van der Waals surface area (Å²) in [7, 11) is 1.53. The van der Waals surface area contributed by atoms with E-state index in [1.807, 2.05) is 6.07 Å². The number of aryl methyl sites for hydroxylation is 1. The molecule has 30 heavy (non-hydrogen) atoms. The minimum atomic E-state index is -0.650. The van der Waals surface area contributed by atoms with Crippen molar-refractivity contribution in [3.63, 3.8) is 0 Å². The number of pyridine rings is 1. The summed E-state index contributed by atoms with van der Waals surface area (Å²) in [6.45, 7) is 0.365. The first kappa shape index (κ1) is 22.2. The van der Waals surface area contributed by atoms with Gasteiger partial charge in [0.1, 0.15) is 0 Å². The average molecular weight is 466 g/mol. The summed E-state index contributed by atoms with van der Waals surface area (Å²) < 4.78 is 1.29. The van der Waals surface area contributed by atoms with E-state index in [0.717, 1.165) is 5.56 Å². The molecule has 0 atom stereocenters. The molecule has 3 rings (SSSR count). The van der Waals surface area contributed by atoms with E-state index >= 15 is 0 Å². The van der Waals surface area contributed by atoms with Crippen LogP contribution in [0.3, 0.4) is 0 Å². The monoisotopic (exact) mass is 464 g/mol. The lowest BCUT2D eigenvalue weighted by atomic mass is 10.1. The number of carbonyl (C=O) groups is 1. The Hall–Kier alpha value is -2.47. The first-order valence-electron chi connectivity index (χ1n) is 9.19. The zero-order valence-electron chi connectivity index (χ0n) is 16.1. The lowest BCUT2D eigenvalue weighted by Crippen LogP contribution is -2.28. The largest absolute Gasteiger partial charge is 0.502 e. The fourth-order valence-corrected chi connectivity index (χ4v) is 3.49. The number of aromatic nitrogens is 1. The Bertz CT molecular complexity index is 1140. The molecule has 2 N–H and O–H groups in total. The number of nitrogens with one attached hydrogen (secondary N) is 1. The summed E-state index contributed by atoms with van der Waals surface area (Å²) in [5.74, 6) is -1.10. The molecule has 0 aliphatic rings. The maximum Gasteiger partial charge on any atom is 0.293 e. The van der Waals surface area contributed by atoms with Crippen LogP contribution < -0.4 is 10.9 Å². The van der Waals surface area contributed by atoms with Crippen molar-refractivity contribution in [2.45, 2.75) is 12.8 Å². The minimum Gasteiger partial charge on any atom is -0.502 e. The summed E-state index contributed by atoms with van der Waals surface area (Å²) in [5.41, 5.74) is 1.48. The van der Waals surface area contributed by atoms with E-state index in [-0.39, 0.29) is 5.56 Å². The number of carbonyl (C=O) groups excluding carboxylic acids is 1. The topological polar surface area (TPSA) is 71.3 Å². The zero-order valence-corrected chi connectivity index (χ0v) is 18.4. The molecule has 5 nitrogen and oxygen atoms in total. The number of amides is 1. The van der Waals surface area contributed by atoms with Crippen molar-refractivity contribution in [3.8, 4) is 17.0 Å². The maximum absolute atomic E-state index is 12.6. The van der Waals surface area contributed by atoms with Gasteiger partial charge in [-0.25, -0.2) is 0 Å². The summed E-state index contributed by atoms with van der Waals surface area (Å²) in [6.07, 6.45) is 1.34. The molecule has 0 spiro atoms. The maximum atomic E-state index is 12.6. The molecule has 0 aliphatic heterocycles. The third-order valence-corrected chi connectivity index (χ3v) is 5.69. The second kappa shape index (κ2) is 9.56. The predicted octanol–water partition coefficient (Wildman–Crippen LogP) is 5.08. The van der Waals surface area contributed by atoms with Crippen LogP contribution in [-0.4, -0.2) is 22.1 Å². The van der Waals surface area contributed by atoms with Crippen LogP contribution >= 0.6 is 34.8 Å². The second-order valence-corrected chi connectivity index (χ2v) is 8.02. The average Bonchev–Trinajstić information content (AvgIpc) is 2.73. The molecule has 8 heteroatoms. The van der Waals surface area contributed by atoms with Crippen molar-refractivity contribution in [2.75, 3.05) is 6.54 Å². The summed E-state index contributed by atoms with van der Waals surface area (Å²) in [6, 6.07) is 13.8. The van der Waals surface area contributed by atoms with E-state index < -0.39 is 17.2 Å². The van der Waals surface area contributed by atoms with Gasteiger partial charge in [0, 0.05) is 18.6 Å². The fourth-order valence-electron chi connectivity index (χ4n) is 3.04. The highest BCUT2D eigenvalue weighted by molar-refractivity contribution is 6.42. The van der Waals surface area contributed by atoms with Crippen LogP contribution in [0.4, 0.5) is 0 Å². The van der Waals surface area contributed by atoms with Crippen LogP contribution in [0, 0.1) is 0 Å². The van der Waals surface area contributed by atoms with Crippen LogP contribution in [0.1, 0.15) is 22.3 Å². The van der Waals surface area contributed by atoms with Gasteiger partial charge in [-0.05, 0) is 54.3 Å². The van der Waals surface area contributed by atoms with Gasteiger partial charge in [-0.2, -0.15) is 0 Å². The smallest absolute Gasteiger partial charge is 0.293 e. The highest BCUT2D eigenvalue weighted by atomic mass is 35.5. The van der Waals surface area contributed by atoms with Gasteiger partial charge in [-0.15, -0.1) is 0 Å². The van der Waals surface area contributed by atoms with Crippen molar-refractivity contribution < 1.29 is 9.90 Å². The number of benzene rings is 2. The Balaban J connectivity index is 1.72. The molecule has 2 aromatic carbocycles. The van der Waals surface area contributed by atoms with Gasteiger partial charge in [-0.1, -0.05) is 53.0 Å². The molecule has 0 saturated heterocycles. The standard InChI is InChI=1S/C22H19Cl3N2O3/c1-27-19(14-5-7-15(23)8-6-14)12-16(20(28)22(27)30)21(29)26-10-2-3-13-4-9-17(24)18(25)11-13/h4-9,11-12,28H,2-3,10H2,1H3,(H,26,29). The lowest BCUT2D eigenvalue weighted by molar-refractivity contribution is 0.0950. The number of halogens is 3. The van der Waals surface area contributed by atoms with Crippen molar-refractivity contribution >= 4 is 40.7 Å².